The van der Waals surface area contributed by atoms with Gasteiger partial charge in [-0.05, 0) is 30.7 Å². The molecule has 0 spiro atoms. The van der Waals surface area contributed by atoms with Gasteiger partial charge >= 0.3 is 0 Å². The lowest BCUT2D eigenvalue weighted by molar-refractivity contribution is -0.124. The standard InChI is InChI=1S/C18H17BrN2O2S/c1-11(12-6-2-3-7-13(12)19)20-17(22)10-16-18(23)21-14-8-4-5-9-15(14)24-16/h2-9,11,16H,10H2,1H3,(H,20,22)(H,21,23)/t11-,16-/m0/s1. The Balaban J connectivity index is 1.63. The third-order valence-electron chi connectivity index (χ3n) is 3.83. The van der Waals surface area contributed by atoms with E-state index in [0.717, 1.165) is 20.6 Å². The quantitative estimate of drug-likeness (QED) is 0.804. The first-order chi connectivity index (χ1) is 11.5. The van der Waals surface area contributed by atoms with E-state index in [-0.39, 0.29) is 24.3 Å². The summed E-state index contributed by atoms with van der Waals surface area (Å²) in [5.74, 6) is -0.257. The van der Waals surface area contributed by atoms with Gasteiger partial charge in [0.05, 0.1) is 17.0 Å². The van der Waals surface area contributed by atoms with Crippen molar-refractivity contribution in [3.05, 3.63) is 58.6 Å². The molecule has 0 radical (unpaired) electrons. The highest BCUT2D eigenvalue weighted by atomic mass is 79.9. The predicted molar refractivity (Wildman–Crippen MR) is 100 cm³/mol. The number of anilines is 1. The number of nitrogens with one attached hydrogen (secondary N) is 2. The Bertz CT molecular complexity index is 781. The van der Waals surface area contributed by atoms with Crippen molar-refractivity contribution in [2.45, 2.75) is 29.5 Å². The minimum Gasteiger partial charge on any atom is -0.349 e. The SMILES string of the molecule is C[C@H](NC(=O)C[C@@H]1Sc2ccccc2NC1=O)c1ccccc1Br. The van der Waals surface area contributed by atoms with E-state index in [1.165, 1.54) is 11.8 Å². The van der Waals surface area contributed by atoms with E-state index in [4.69, 9.17) is 0 Å². The molecule has 1 heterocycles. The van der Waals surface area contributed by atoms with Gasteiger partial charge in [0.2, 0.25) is 11.8 Å². The normalized spacial score (nSPS) is 17.6. The maximum absolute atomic E-state index is 12.3. The molecule has 0 saturated carbocycles. The summed E-state index contributed by atoms with van der Waals surface area (Å²) in [6, 6.07) is 15.3. The lowest BCUT2D eigenvalue weighted by Crippen LogP contribution is -2.35. The van der Waals surface area contributed by atoms with Gasteiger partial charge in [0.1, 0.15) is 0 Å². The Morgan fingerprint density at radius 3 is 2.75 bits per heavy atom. The number of carbonyl (C=O) groups is 2. The van der Waals surface area contributed by atoms with E-state index in [1.807, 2.05) is 55.5 Å². The third kappa shape index (κ3) is 3.82. The van der Waals surface area contributed by atoms with Crippen LogP contribution in [0.15, 0.2) is 57.9 Å². The zero-order valence-corrected chi connectivity index (χ0v) is 15.5. The van der Waals surface area contributed by atoms with Crippen molar-refractivity contribution in [1.82, 2.24) is 5.32 Å². The molecule has 24 heavy (non-hydrogen) atoms. The van der Waals surface area contributed by atoms with Gasteiger partial charge in [-0.25, -0.2) is 0 Å². The molecule has 0 bridgehead atoms. The van der Waals surface area contributed by atoms with Crippen LogP contribution in [0.5, 0.6) is 0 Å². The fourth-order valence-corrected chi connectivity index (χ4v) is 4.34. The molecule has 3 rings (SSSR count). The van der Waals surface area contributed by atoms with Gasteiger partial charge < -0.3 is 10.6 Å². The van der Waals surface area contributed by atoms with E-state index in [9.17, 15) is 9.59 Å². The van der Waals surface area contributed by atoms with Crippen LogP contribution < -0.4 is 10.6 Å². The van der Waals surface area contributed by atoms with E-state index in [2.05, 4.69) is 26.6 Å². The number of thioether (sulfide) groups is 1. The predicted octanol–water partition coefficient (Wildman–Crippen LogP) is 4.13. The van der Waals surface area contributed by atoms with Crippen LogP contribution in [0.3, 0.4) is 0 Å². The Kier molecular flexibility index (Phi) is 5.26. The number of fused-ring (bicyclic) bond motifs is 1. The molecule has 124 valence electrons. The van der Waals surface area contributed by atoms with Gasteiger partial charge in [0.15, 0.2) is 0 Å². The molecular formula is C18H17BrN2O2S. The first kappa shape index (κ1) is 17.0. The fraction of sp³-hybridized carbons (Fsp3) is 0.222. The lowest BCUT2D eigenvalue weighted by atomic mass is 10.1. The first-order valence-electron chi connectivity index (χ1n) is 7.65. The number of hydrogen-bond donors (Lipinski definition) is 2. The molecule has 0 unspecified atom stereocenters. The number of halogens is 1. The van der Waals surface area contributed by atoms with Crippen molar-refractivity contribution in [2.24, 2.45) is 0 Å². The van der Waals surface area contributed by atoms with Crippen molar-refractivity contribution >= 4 is 45.2 Å². The topological polar surface area (TPSA) is 58.2 Å². The van der Waals surface area contributed by atoms with Crippen LogP contribution in [-0.2, 0) is 9.59 Å². The van der Waals surface area contributed by atoms with E-state index < -0.39 is 5.25 Å². The van der Waals surface area contributed by atoms with Crippen molar-refractivity contribution in [3.63, 3.8) is 0 Å². The summed E-state index contributed by atoms with van der Waals surface area (Å²) in [5, 5.41) is 5.42. The Labute approximate surface area is 153 Å². The van der Waals surface area contributed by atoms with Crippen molar-refractivity contribution < 1.29 is 9.59 Å². The molecule has 2 aromatic rings. The number of amides is 2. The summed E-state index contributed by atoms with van der Waals surface area (Å²) in [5.41, 5.74) is 1.82. The van der Waals surface area contributed by atoms with Crippen molar-refractivity contribution in [3.8, 4) is 0 Å². The maximum atomic E-state index is 12.3. The van der Waals surface area contributed by atoms with E-state index in [1.54, 1.807) is 0 Å². The van der Waals surface area contributed by atoms with Gasteiger partial charge in [0, 0.05) is 15.8 Å². The van der Waals surface area contributed by atoms with Crippen LogP contribution in [0, 0.1) is 0 Å². The summed E-state index contributed by atoms with van der Waals surface area (Å²) in [6.07, 6.45) is 0.152. The Morgan fingerprint density at radius 1 is 1.25 bits per heavy atom. The van der Waals surface area contributed by atoms with Gasteiger partial charge in [-0.3, -0.25) is 9.59 Å². The monoisotopic (exact) mass is 404 g/mol. The summed E-state index contributed by atoms with van der Waals surface area (Å²) < 4.78 is 0.955. The summed E-state index contributed by atoms with van der Waals surface area (Å²) in [6.45, 7) is 1.93. The number of carbonyl (C=O) groups excluding carboxylic acids is 2. The van der Waals surface area contributed by atoms with Crippen LogP contribution in [0.1, 0.15) is 24.9 Å². The number of hydrogen-bond acceptors (Lipinski definition) is 3. The average molecular weight is 405 g/mol. The molecule has 2 aromatic carbocycles. The molecule has 1 aliphatic heterocycles. The minimum atomic E-state index is -0.411. The smallest absolute Gasteiger partial charge is 0.238 e. The second-order valence-electron chi connectivity index (χ2n) is 5.61. The van der Waals surface area contributed by atoms with Crippen LogP contribution in [0.25, 0.3) is 0 Å². The first-order valence-corrected chi connectivity index (χ1v) is 9.32. The van der Waals surface area contributed by atoms with Crippen LogP contribution in [0.2, 0.25) is 0 Å². The highest BCUT2D eigenvalue weighted by Crippen LogP contribution is 2.36. The van der Waals surface area contributed by atoms with Crippen LogP contribution in [0.4, 0.5) is 5.69 Å². The van der Waals surface area contributed by atoms with Gasteiger partial charge in [-0.1, -0.05) is 46.3 Å². The zero-order chi connectivity index (χ0) is 17.1. The Morgan fingerprint density at radius 2 is 1.96 bits per heavy atom. The van der Waals surface area contributed by atoms with Crippen molar-refractivity contribution in [2.75, 3.05) is 5.32 Å². The molecule has 0 fully saturated rings. The third-order valence-corrected chi connectivity index (χ3v) is 5.82. The number of para-hydroxylation sites is 1. The largest absolute Gasteiger partial charge is 0.349 e. The average Bonchev–Trinajstić information content (AvgIpc) is 2.55. The summed E-state index contributed by atoms with van der Waals surface area (Å²) in [7, 11) is 0. The van der Waals surface area contributed by atoms with E-state index >= 15 is 0 Å². The molecule has 0 saturated heterocycles. The lowest BCUT2D eigenvalue weighted by Gasteiger charge is -2.24. The number of benzene rings is 2. The molecule has 4 nitrogen and oxygen atoms in total. The van der Waals surface area contributed by atoms with Crippen LogP contribution in [-0.4, -0.2) is 17.1 Å². The molecule has 2 amide bonds. The van der Waals surface area contributed by atoms with E-state index in [0.29, 0.717) is 0 Å². The van der Waals surface area contributed by atoms with Crippen LogP contribution >= 0.6 is 27.7 Å². The maximum Gasteiger partial charge on any atom is 0.238 e. The van der Waals surface area contributed by atoms with Gasteiger partial charge in [-0.2, -0.15) is 0 Å². The minimum absolute atomic E-state index is 0.123. The molecule has 1 aliphatic rings. The molecule has 0 aliphatic carbocycles. The summed E-state index contributed by atoms with van der Waals surface area (Å²) >= 11 is 4.93. The van der Waals surface area contributed by atoms with Crippen molar-refractivity contribution in [1.29, 1.82) is 0 Å². The number of rotatable bonds is 4. The highest BCUT2D eigenvalue weighted by Gasteiger charge is 2.29. The Hall–Kier alpha value is -1.79. The van der Waals surface area contributed by atoms with Gasteiger partial charge in [-0.15, -0.1) is 11.8 Å². The second-order valence-corrected chi connectivity index (χ2v) is 7.71. The molecule has 6 heteroatoms. The molecular weight excluding hydrogens is 388 g/mol. The molecule has 2 N–H and O–H groups in total. The fourth-order valence-electron chi connectivity index (χ4n) is 2.60. The van der Waals surface area contributed by atoms with Gasteiger partial charge in [0.25, 0.3) is 0 Å². The molecule has 2 atom stereocenters. The highest BCUT2D eigenvalue weighted by molar-refractivity contribution is 9.10. The second kappa shape index (κ2) is 7.40. The zero-order valence-electron chi connectivity index (χ0n) is 13.1. The summed E-state index contributed by atoms with van der Waals surface area (Å²) in [4.78, 5) is 25.5. The molecule has 0 aromatic heterocycles.